The SMILES string of the molecule is c1ccc2oc(C3CNCCN3)cc2c1. The van der Waals surface area contributed by atoms with Gasteiger partial charge in [-0.05, 0) is 12.1 Å². The highest BCUT2D eigenvalue weighted by atomic mass is 16.3. The lowest BCUT2D eigenvalue weighted by Crippen LogP contribution is -2.42. The maximum Gasteiger partial charge on any atom is 0.134 e. The van der Waals surface area contributed by atoms with E-state index < -0.39 is 0 Å². The summed E-state index contributed by atoms with van der Waals surface area (Å²) in [7, 11) is 0. The molecule has 1 aliphatic rings. The number of para-hydroxylation sites is 1. The molecule has 3 nitrogen and oxygen atoms in total. The van der Waals surface area contributed by atoms with E-state index in [-0.39, 0.29) is 0 Å². The van der Waals surface area contributed by atoms with E-state index in [9.17, 15) is 0 Å². The maximum absolute atomic E-state index is 5.80. The van der Waals surface area contributed by atoms with Gasteiger partial charge in [0.2, 0.25) is 0 Å². The fraction of sp³-hybridized carbons (Fsp3) is 0.333. The van der Waals surface area contributed by atoms with E-state index >= 15 is 0 Å². The number of piperazine rings is 1. The molecule has 0 radical (unpaired) electrons. The molecule has 15 heavy (non-hydrogen) atoms. The molecule has 1 aromatic heterocycles. The van der Waals surface area contributed by atoms with Crippen LogP contribution in [0.4, 0.5) is 0 Å². The first kappa shape index (κ1) is 8.95. The highest BCUT2D eigenvalue weighted by Crippen LogP contribution is 2.23. The number of nitrogens with one attached hydrogen (secondary N) is 2. The van der Waals surface area contributed by atoms with Crippen molar-refractivity contribution in [1.29, 1.82) is 0 Å². The lowest BCUT2D eigenvalue weighted by molar-refractivity contribution is 0.373. The second-order valence-corrected chi connectivity index (χ2v) is 3.90. The molecule has 2 heterocycles. The van der Waals surface area contributed by atoms with Crippen molar-refractivity contribution in [1.82, 2.24) is 10.6 Å². The van der Waals surface area contributed by atoms with Gasteiger partial charge in [0.25, 0.3) is 0 Å². The van der Waals surface area contributed by atoms with Gasteiger partial charge in [-0.3, -0.25) is 0 Å². The zero-order chi connectivity index (χ0) is 10.1. The predicted octanol–water partition coefficient (Wildman–Crippen LogP) is 1.67. The summed E-state index contributed by atoms with van der Waals surface area (Å²) in [5.41, 5.74) is 0.972. The third-order valence-corrected chi connectivity index (χ3v) is 2.83. The Balaban J connectivity index is 1.96. The molecule has 2 N–H and O–H groups in total. The van der Waals surface area contributed by atoms with Crippen molar-refractivity contribution in [2.45, 2.75) is 6.04 Å². The van der Waals surface area contributed by atoms with Crippen LogP contribution < -0.4 is 10.6 Å². The Morgan fingerprint density at radius 1 is 1.20 bits per heavy atom. The lowest BCUT2D eigenvalue weighted by atomic mass is 10.1. The number of rotatable bonds is 1. The summed E-state index contributed by atoms with van der Waals surface area (Å²) in [5.74, 6) is 1.03. The molecule has 0 spiro atoms. The van der Waals surface area contributed by atoms with Gasteiger partial charge in [-0.25, -0.2) is 0 Å². The molecular weight excluding hydrogens is 188 g/mol. The van der Waals surface area contributed by atoms with Crippen molar-refractivity contribution < 1.29 is 4.42 Å². The van der Waals surface area contributed by atoms with Crippen LogP contribution in [0, 0.1) is 0 Å². The molecular formula is C12H14N2O. The number of fused-ring (bicyclic) bond motifs is 1. The Kier molecular flexibility index (Phi) is 2.19. The van der Waals surface area contributed by atoms with E-state index in [2.05, 4.69) is 22.8 Å². The minimum Gasteiger partial charge on any atom is -0.459 e. The summed E-state index contributed by atoms with van der Waals surface area (Å²) in [6.07, 6.45) is 0. The van der Waals surface area contributed by atoms with E-state index in [0.29, 0.717) is 6.04 Å². The second kappa shape index (κ2) is 3.68. The molecule has 78 valence electrons. The van der Waals surface area contributed by atoms with Gasteiger partial charge in [0, 0.05) is 25.0 Å². The zero-order valence-corrected chi connectivity index (χ0v) is 8.49. The van der Waals surface area contributed by atoms with Gasteiger partial charge in [0.05, 0.1) is 6.04 Å². The Morgan fingerprint density at radius 2 is 2.13 bits per heavy atom. The smallest absolute Gasteiger partial charge is 0.134 e. The molecule has 0 saturated carbocycles. The van der Waals surface area contributed by atoms with Crippen LogP contribution in [0.25, 0.3) is 11.0 Å². The summed E-state index contributed by atoms with van der Waals surface area (Å²) in [6.45, 7) is 2.98. The molecule has 0 bridgehead atoms. The minimum atomic E-state index is 0.311. The van der Waals surface area contributed by atoms with Gasteiger partial charge in [0.15, 0.2) is 0 Å². The number of furan rings is 1. The van der Waals surface area contributed by atoms with Crippen LogP contribution in [0.15, 0.2) is 34.7 Å². The molecule has 1 saturated heterocycles. The van der Waals surface area contributed by atoms with Crippen LogP contribution in [-0.4, -0.2) is 19.6 Å². The van der Waals surface area contributed by atoms with Crippen LogP contribution in [0.3, 0.4) is 0 Å². The summed E-state index contributed by atoms with van der Waals surface area (Å²) in [5, 5.41) is 7.98. The Hall–Kier alpha value is -1.32. The van der Waals surface area contributed by atoms with Gasteiger partial charge in [-0.1, -0.05) is 18.2 Å². The van der Waals surface area contributed by atoms with Gasteiger partial charge in [-0.15, -0.1) is 0 Å². The van der Waals surface area contributed by atoms with Crippen molar-refractivity contribution in [3.8, 4) is 0 Å². The molecule has 1 unspecified atom stereocenters. The van der Waals surface area contributed by atoms with Gasteiger partial charge in [-0.2, -0.15) is 0 Å². The summed E-state index contributed by atoms with van der Waals surface area (Å²) < 4.78 is 5.80. The first-order valence-electron chi connectivity index (χ1n) is 5.36. The standard InChI is InChI=1S/C12H14N2O/c1-2-4-11-9(3-1)7-12(15-11)10-8-13-5-6-14-10/h1-4,7,10,13-14H,5-6,8H2. The van der Waals surface area contributed by atoms with Crippen molar-refractivity contribution in [3.05, 3.63) is 36.1 Å². The van der Waals surface area contributed by atoms with Crippen LogP contribution in [0.5, 0.6) is 0 Å². The number of benzene rings is 1. The fourth-order valence-electron chi connectivity index (χ4n) is 2.03. The van der Waals surface area contributed by atoms with Crippen molar-refractivity contribution in [2.75, 3.05) is 19.6 Å². The van der Waals surface area contributed by atoms with Crippen molar-refractivity contribution in [3.63, 3.8) is 0 Å². The molecule has 1 atom stereocenters. The first-order chi connectivity index (χ1) is 7.43. The topological polar surface area (TPSA) is 37.2 Å². The summed E-state index contributed by atoms with van der Waals surface area (Å²) in [4.78, 5) is 0. The molecule has 0 amide bonds. The summed E-state index contributed by atoms with van der Waals surface area (Å²) >= 11 is 0. The molecule has 3 rings (SSSR count). The maximum atomic E-state index is 5.80. The zero-order valence-electron chi connectivity index (χ0n) is 8.49. The quantitative estimate of drug-likeness (QED) is 0.738. The molecule has 1 aromatic carbocycles. The monoisotopic (exact) mass is 202 g/mol. The molecule has 1 fully saturated rings. The van der Waals surface area contributed by atoms with E-state index in [1.165, 1.54) is 5.39 Å². The Labute approximate surface area is 88.5 Å². The largest absolute Gasteiger partial charge is 0.459 e. The second-order valence-electron chi connectivity index (χ2n) is 3.90. The third-order valence-electron chi connectivity index (χ3n) is 2.83. The van der Waals surface area contributed by atoms with Crippen LogP contribution in [0.2, 0.25) is 0 Å². The Bertz CT molecular complexity index is 424. The molecule has 2 aromatic rings. The average molecular weight is 202 g/mol. The third kappa shape index (κ3) is 1.64. The van der Waals surface area contributed by atoms with E-state index in [1.54, 1.807) is 0 Å². The number of hydrogen-bond donors (Lipinski definition) is 2. The average Bonchev–Trinajstić information content (AvgIpc) is 2.74. The fourth-order valence-corrected chi connectivity index (χ4v) is 2.03. The van der Waals surface area contributed by atoms with E-state index in [1.807, 2.05) is 18.2 Å². The van der Waals surface area contributed by atoms with Crippen molar-refractivity contribution >= 4 is 11.0 Å². The van der Waals surface area contributed by atoms with Gasteiger partial charge < -0.3 is 15.1 Å². The summed E-state index contributed by atoms with van der Waals surface area (Å²) in [6, 6.07) is 10.6. The van der Waals surface area contributed by atoms with Crippen LogP contribution >= 0.6 is 0 Å². The minimum absolute atomic E-state index is 0.311. The van der Waals surface area contributed by atoms with Crippen molar-refractivity contribution in [2.24, 2.45) is 0 Å². The predicted molar refractivity (Wildman–Crippen MR) is 59.8 cm³/mol. The van der Waals surface area contributed by atoms with E-state index in [4.69, 9.17) is 4.42 Å². The normalized spacial score (nSPS) is 22.0. The van der Waals surface area contributed by atoms with Gasteiger partial charge in [0.1, 0.15) is 11.3 Å². The molecule has 0 aliphatic carbocycles. The molecule has 1 aliphatic heterocycles. The van der Waals surface area contributed by atoms with Crippen LogP contribution in [-0.2, 0) is 0 Å². The first-order valence-corrected chi connectivity index (χ1v) is 5.36. The highest BCUT2D eigenvalue weighted by molar-refractivity contribution is 5.77. The highest BCUT2D eigenvalue weighted by Gasteiger charge is 2.17. The number of hydrogen-bond acceptors (Lipinski definition) is 3. The van der Waals surface area contributed by atoms with Crippen LogP contribution in [0.1, 0.15) is 11.8 Å². The molecule has 3 heteroatoms. The lowest BCUT2D eigenvalue weighted by Gasteiger charge is -2.22. The van der Waals surface area contributed by atoms with E-state index in [0.717, 1.165) is 31.0 Å². The Morgan fingerprint density at radius 3 is 2.93 bits per heavy atom. The van der Waals surface area contributed by atoms with Gasteiger partial charge >= 0.3 is 0 Å².